The molecule has 1 aromatic rings. The maximum absolute atomic E-state index is 11.6. The molecule has 0 saturated carbocycles. The average Bonchev–Trinajstić information content (AvgIpc) is 2.45. The Morgan fingerprint density at radius 3 is 2.79 bits per heavy atom. The smallest absolute Gasteiger partial charge is 0.268 e. The van der Waals surface area contributed by atoms with Crippen LogP contribution in [0, 0.1) is 0 Å². The SMILES string of the molecule is CCC(C)N(C)CCOc1ccccc1C(=O)NN. The van der Waals surface area contributed by atoms with Gasteiger partial charge in [0.05, 0.1) is 5.56 Å². The predicted molar refractivity (Wildman–Crippen MR) is 76.0 cm³/mol. The van der Waals surface area contributed by atoms with E-state index >= 15 is 0 Å². The van der Waals surface area contributed by atoms with Gasteiger partial charge in [-0.15, -0.1) is 0 Å². The fraction of sp³-hybridized carbons (Fsp3) is 0.500. The molecule has 1 unspecified atom stereocenters. The van der Waals surface area contributed by atoms with E-state index in [2.05, 4.69) is 31.2 Å². The summed E-state index contributed by atoms with van der Waals surface area (Å²) in [6.07, 6.45) is 1.10. The van der Waals surface area contributed by atoms with E-state index in [1.165, 1.54) is 0 Å². The Bertz CT molecular complexity index is 409. The summed E-state index contributed by atoms with van der Waals surface area (Å²) in [7, 11) is 2.07. The van der Waals surface area contributed by atoms with Crippen molar-refractivity contribution in [2.75, 3.05) is 20.2 Å². The number of carbonyl (C=O) groups is 1. The van der Waals surface area contributed by atoms with E-state index in [0.29, 0.717) is 24.0 Å². The maximum atomic E-state index is 11.6. The van der Waals surface area contributed by atoms with Crippen molar-refractivity contribution in [2.24, 2.45) is 5.84 Å². The Morgan fingerprint density at radius 1 is 1.47 bits per heavy atom. The van der Waals surface area contributed by atoms with Crippen molar-refractivity contribution < 1.29 is 9.53 Å². The fourth-order valence-electron chi connectivity index (χ4n) is 1.69. The number of hydrogen-bond donors (Lipinski definition) is 2. The number of carbonyl (C=O) groups excluding carboxylic acids is 1. The van der Waals surface area contributed by atoms with Crippen molar-refractivity contribution in [3.05, 3.63) is 29.8 Å². The molecule has 1 aromatic carbocycles. The number of rotatable bonds is 7. The monoisotopic (exact) mass is 265 g/mol. The van der Waals surface area contributed by atoms with Crippen molar-refractivity contribution in [2.45, 2.75) is 26.3 Å². The lowest BCUT2D eigenvalue weighted by atomic mass is 10.2. The highest BCUT2D eigenvalue weighted by Crippen LogP contribution is 2.17. The third-order valence-corrected chi connectivity index (χ3v) is 3.31. The van der Waals surface area contributed by atoms with Gasteiger partial charge in [-0.3, -0.25) is 10.2 Å². The number of para-hydroxylation sites is 1. The molecule has 0 saturated heterocycles. The Hall–Kier alpha value is -1.59. The van der Waals surface area contributed by atoms with Gasteiger partial charge in [0.15, 0.2) is 0 Å². The first-order valence-corrected chi connectivity index (χ1v) is 6.53. The summed E-state index contributed by atoms with van der Waals surface area (Å²) in [5, 5.41) is 0. The molecule has 106 valence electrons. The number of nitrogen functional groups attached to an aromatic ring is 1. The molecule has 0 radical (unpaired) electrons. The second-order valence-corrected chi connectivity index (χ2v) is 4.56. The molecule has 0 aliphatic heterocycles. The summed E-state index contributed by atoms with van der Waals surface area (Å²) in [5.74, 6) is 5.36. The molecular weight excluding hydrogens is 242 g/mol. The van der Waals surface area contributed by atoms with E-state index in [1.54, 1.807) is 18.2 Å². The maximum Gasteiger partial charge on any atom is 0.268 e. The van der Waals surface area contributed by atoms with Crippen LogP contribution in [0.2, 0.25) is 0 Å². The Labute approximate surface area is 114 Å². The van der Waals surface area contributed by atoms with Gasteiger partial charge in [-0.05, 0) is 32.5 Å². The molecule has 5 heteroatoms. The molecule has 0 aliphatic rings. The van der Waals surface area contributed by atoms with E-state index < -0.39 is 0 Å². The molecular formula is C14H23N3O2. The van der Waals surface area contributed by atoms with Crippen molar-refractivity contribution in [3.8, 4) is 5.75 Å². The molecule has 0 bridgehead atoms. The van der Waals surface area contributed by atoms with Crippen LogP contribution in [0.1, 0.15) is 30.6 Å². The van der Waals surface area contributed by atoms with Crippen LogP contribution in [0.5, 0.6) is 5.75 Å². The van der Waals surface area contributed by atoms with Gasteiger partial charge >= 0.3 is 0 Å². The number of benzene rings is 1. The average molecular weight is 265 g/mol. The van der Waals surface area contributed by atoms with E-state index in [-0.39, 0.29) is 5.91 Å². The van der Waals surface area contributed by atoms with Crippen molar-refractivity contribution in [3.63, 3.8) is 0 Å². The molecule has 1 atom stereocenters. The summed E-state index contributed by atoms with van der Waals surface area (Å²) in [4.78, 5) is 13.8. The standard InChI is InChI=1S/C14H23N3O2/c1-4-11(2)17(3)9-10-19-13-8-6-5-7-12(13)14(18)16-15/h5-8,11H,4,9-10,15H2,1-3H3,(H,16,18). The summed E-state index contributed by atoms with van der Waals surface area (Å²) >= 11 is 0. The molecule has 1 amide bonds. The van der Waals surface area contributed by atoms with Crippen molar-refractivity contribution in [1.82, 2.24) is 10.3 Å². The largest absolute Gasteiger partial charge is 0.491 e. The van der Waals surface area contributed by atoms with Gasteiger partial charge < -0.3 is 9.64 Å². The van der Waals surface area contributed by atoms with E-state index in [1.807, 2.05) is 6.07 Å². The predicted octanol–water partition coefficient (Wildman–Crippen LogP) is 1.40. The van der Waals surface area contributed by atoms with Crippen LogP contribution in [-0.4, -0.2) is 37.0 Å². The molecule has 5 nitrogen and oxygen atoms in total. The summed E-state index contributed by atoms with van der Waals surface area (Å²) < 4.78 is 5.67. The van der Waals surface area contributed by atoms with Crippen LogP contribution in [0.4, 0.5) is 0 Å². The number of nitrogens with one attached hydrogen (secondary N) is 1. The van der Waals surface area contributed by atoms with Gasteiger partial charge in [-0.2, -0.15) is 0 Å². The van der Waals surface area contributed by atoms with Gasteiger partial charge in [0.1, 0.15) is 12.4 Å². The van der Waals surface area contributed by atoms with Gasteiger partial charge in [-0.1, -0.05) is 19.1 Å². The van der Waals surface area contributed by atoms with Crippen LogP contribution < -0.4 is 16.0 Å². The first-order chi connectivity index (χ1) is 9.10. The van der Waals surface area contributed by atoms with Crippen LogP contribution in [0.3, 0.4) is 0 Å². The normalized spacial score (nSPS) is 12.3. The molecule has 1 rings (SSSR count). The zero-order valence-corrected chi connectivity index (χ0v) is 11.8. The Kier molecular flexibility index (Phi) is 6.32. The highest BCUT2D eigenvalue weighted by atomic mass is 16.5. The third-order valence-electron chi connectivity index (χ3n) is 3.31. The van der Waals surface area contributed by atoms with E-state index in [0.717, 1.165) is 13.0 Å². The minimum atomic E-state index is -0.342. The van der Waals surface area contributed by atoms with Gasteiger partial charge in [-0.25, -0.2) is 5.84 Å². The first kappa shape index (κ1) is 15.5. The topological polar surface area (TPSA) is 67.6 Å². The van der Waals surface area contributed by atoms with Gasteiger partial charge in [0.2, 0.25) is 0 Å². The van der Waals surface area contributed by atoms with Crippen molar-refractivity contribution in [1.29, 1.82) is 0 Å². The molecule has 19 heavy (non-hydrogen) atoms. The lowest BCUT2D eigenvalue weighted by Crippen LogP contribution is -2.33. The Balaban J connectivity index is 2.56. The number of likely N-dealkylation sites (N-methyl/N-ethyl adjacent to an activating group) is 1. The highest BCUT2D eigenvalue weighted by molar-refractivity contribution is 5.96. The number of nitrogens with zero attached hydrogens (tertiary/aromatic N) is 1. The first-order valence-electron chi connectivity index (χ1n) is 6.53. The van der Waals surface area contributed by atoms with Crippen LogP contribution in [-0.2, 0) is 0 Å². The number of amides is 1. The number of hydrogen-bond acceptors (Lipinski definition) is 4. The fourth-order valence-corrected chi connectivity index (χ4v) is 1.69. The van der Waals surface area contributed by atoms with E-state index in [4.69, 9.17) is 10.6 Å². The van der Waals surface area contributed by atoms with E-state index in [9.17, 15) is 4.79 Å². The van der Waals surface area contributed by atoms with Gasteiger partial charge in [0.25, 0.3) is 5.91 Å². The van der Waals surface area contributed by atoms with Crippen LogP contribution in [0.15, 0.2) is 24.3 Å². The second kappa shape index (κ2) is 7.76. The lowest BCUT2D eigenvalue weighted by Gasteiger charge is -2.23. The zero-order valence-electron chi connectivity index (χ0n) is 11.8. The molecule has 0 heterocycles. The summed E-state index contributed by atoms with van der Waals surface area (Å²) in [6.45, 7) is 5.68. The summed E-state index contributed by atoms with van der Waals surface area (Å²) in [6, 6.07) is 7.60. The molecule has 0 spiro atoms. The lowest BCUT2D eigenvalue weighted by molar-refractivity contribution is 0.0948. The molecule has 0 aliphatic carbocycles. The number of hydrazine groups is 1. The summed E-state index contributed by atoms with van der Waals surface area (Å²) in [5.41, 5.74) is 2.57. The minimum absolute atomic E-state index is 0.342. The Morgan fingerprint density at radius 2 is 2.16 bits per heavy atom. The zero-order chi connectivity index (χ0) is 14.3. The highest BCUT2D eigenvalue weighted by Gasteiger charge is 2.11. The second-order valence-electron chi connectivity index (χ2n) is 4.56. The van der Waals surface area contributed by atoms with Crippen molar-refractivity contribution >= 4 is 5.91 Å². The minimum Gasteiger partial charge on any atom is -0.491 e. The molecule has 3 N–H and O–H groups in total. The molecule has 0 aromatic heterocycles. The molecule has 0 fully saturated rings. The van der Waals surface area contributed by atoms with Crippen LogP contribution in [0.25, 0.3) is 0 Å². The third kappa shape index (κ3) is 4.54. The quantitative estimate of drug-likeness (QED) is 0.444. The van der Waals surface area contributed by atoms with Crippen LogP contribution >= 0.6 is 0 Å². The number of ether oxygens (including phenoxy) is 1. The van der Waals surface area contributed by atoms with Gasteiger partial charge in [0, 0.05) is 12.6 Å². The number of nitrogens with two attached hydrogens (primary N) is 1.